The molecular weight excluding hydrogens is 359 g/mol. The summed E-state index contributed by atoms with van der Waals surface area (Å²) in [5.41, 5.74) is 3.53. The molecule has 146 valence electrons. The first-order valence-electron chi connectivity index (χ1n) is 9.46. The maximum absolute atomic E-state index is 14.5. The standard InChI is InChI=1S/C20H23FN6O/c1-3-22-16-9-14(8-15(21)12(16)2)17-18-19(24-11-23-18)26-20(25-17)27-6-4-13(10-28)5-7-27/h3,8-9,11,13,28H,4-7,10H2,1-2H3,(H,23,24,25,26). The number of imidazole rings is 1. The van der Waals surface area contributed by atoms with Gasteiger partial charge in [0.05, 0.1) is 12.0 Å². The van der Waals surface area contributed by atoms with Crippen molar-refractivity contribution in [3.63, 3.8) is 0 Å². The lowest BCUT2D eigenvalue weighted by Gasteiger charge is -2.31. The van der Waals surface area contributed by atoms with Crippen LogP contribution in [0.2, 0.25) is 0 Å². The summed E-state index contributed by atoms with van der Waals surface area (Å²) < 4.78 is 14.5. The van der Waals surface area contributed by atoms with Gasteiger partial charge in [-0.2, -0.15) is 4.98 Å². The number of aliphatic imine (C=N–C) groups is 1. The molecule has 1 saturated heterocycles. The highest BCUT2D eigenvalue weighted by Gasteiger charge is 2.23. The summed E-state index contributed by atoms with van der Waals surface area (Å²) in [7, 11) is 0. The first-order chi connectivity index (χ1) is 13.6. The van der Waals surface area contributed by atoms with Crippen LogP contribution < -0.4 is 4.90 Å². The molecule has 0 radical (unpaired) electrons. The highest BCUT2D eigenvalue weighted by molar-refractivity contribution is 5.89. The second-order valence-electron chi connectivity index (χ2n) is 7.08. The highest BCUT2D eigenvalue weighted by Crippen LogP contribution is 2.33. The van der Waals surface area contributed by atoms with Crippen LogP contribution in [0.4, 0.5) is 16.0 Å². The Morgan fingerprint density at radius 2 is 2.11 bits per heavy atom. The Morgan fingerprint density at radius 1 is 1.32 bits per heavy atom. The fourth-order valence-corrected chi connectivity index (χ4v) is 3.56. The molecule has 28 heavy (non-hydrogen) atoms. The predicted molar refractivity (Wildman–Crippen MR) is 108 cm³/mol. The predicted octanol–water partition coefficient (Wildman–Crippen LogP) is 3.40. The number of piperidine rings is 1. The molecule has 1 aliphatic heterocycles. The van der Waals surface area contributed by atoms with Gasteiger partial charge in [-0.25, -0.2) is 14.4 Å². The van der Waals surface area contributed by atoms with Gasteiger partial charge in [0.25, 0.3) is 0 Å². The van der Waals surface area contributed by atoms with Crippen molar-refractivity contribution in [1.82, 2.24) is 19.9 Å². The highest BCUT2D eigenvalue weighted by atomic mass is 19.1. The van der Waals surface area contributed by atoms with Crippen molar-refractivity contribution in [3.05, 3.63) is 29.8 Å². The number of rotatable bonds is 4. The molecular formula is C20H23FN6O. The van der Waals surface area contributed by atoms with Gasteiger partial charge in [-0.15, -0.1) is 0 Å². The average molecular weight is 382 g/mol. The number of aromatic nitrogens is 4. The number of aliphatic hydroxyl groups is 1. The molecule has 0 aliphatic carbocycles. The third-order valence-electron chi connectivity index (χ3n) is 5.29. The molecule has 2 aromatic heterocycles. The van der Waals surface area contributed by atoms with Crippen LogP contribution >= 0.6 is 0 Å². The van der Waals surface area contributed by atoms with Gasteiger partial charge in [-0.05, 0) is 44.7 Å². The SMILES string of the molecule is CC=Nc1cc(-c2nc(N3CCC(CO)CC3)nc3nc[nH]c23)cc(F)c1C. The number of aromatic amines is 1. The van der Waals surface area contributed by atoms with Crippen LogP contribution in [0.25, 0.3) is 22.4 Å². The zero-order chi connectivity index (χ0) is 19.7. The Morgan fingerprint density at radius 3 is 2.82 bits per heavy atom. The van der Waals surface area contributed by atoms with Crippen LogP contribution in [0.1, 0.15) is 25.3 Å². The molecule has 1 aromatic carbocycles. The zero-order valence-corrected chi connectivity index (χ0v) is 16.0. The number of benzene rings is 1. The van der Waals surface area contributed by atoms with Crippen LogP contribution in [0.5, 0.6) is 0 Å². The van der Waals surface area contributed by atoms with Gasteiger partial charge in [0, 0.05) is 37.0 Å². The normalized spacial score (nSPS) is 15.8. The zero-order valence-electron chi connectivity index (χ0n) is 16.0. The smallest absolute Gasteiger partial charge is 0.228 e. The van der Waals surface area contributed by atoms with Gasteiger partial charge in [0.2, 0.25) is 5.95 Å². The summed E-state index contributed by atoms with van der Waals surface area (Å²) in [4.78, 5) is 23.1. The summed E-state index contributed by atoms with van der Waals surface area (Å²) in [5.74, 6) is 0.577. The second-order valence-corrected chi connectivity index (χ2v) is 7.08. The van der Waals surface area contributed by atoms with E-state index in [0.717, 1.165) is 25.9 Å². The van der Waals surface area contributed by atoms with Gasteiger partial charge in [0.15, 0.2) is 5.65 Å². The van der Waals surface area contributed by atoms with Crippen molar-refractivity contribution in [2.45, 2.75) is 26.7 Å². The van der Waals surface area contributed by atoms with Crippen LogP contribution in [-0.4, -0.2) is 51.0 Å². The summed E-state index contributed by atoms with van der Waals surface area (Å²) in [6, 6.07) is 3.32. The van der Waals surface area contributed by atoms with Gasteiger partial charge in [0.1, 0.15) is 17.0 Å². The number of hydrogen-bond donors (Lipinski definition) is 2. The maximum atomic E-state index is 14.5. The number of hydrogen-bond acceptors (Lipinski definition) is 6. The van der Waals surface area contributed by atoms with Crippen LogP contribution in [0, 0.1) is 18.7 Å². The molecule has 8 heteroatoms. The fourth-order valence-electron chi connectivity index (χ4n) is 3.56. The molecule has 0 amide bonds. The quantitative estimate of drug-likeness (QED) is 0.675. The molecule has 1 aliphatic rings. The number of aliphatic hydroxyl groups excluding tert-OH is 1. The van der Waals surface area contributed by atoms with E-state index in [1.54, 1.807) is 26.4 Å². The van der Waals surface area contributed by atoms with Crippen molar-refractivity contribution in [2.75, 3.05) is 24.6 Å². The van der Waals surface area contributed by atoms with Crippen molar-refractivity contribution >= 4 is 29.0 Å². The van der Waals surface area contributed by atoms with Crippen LogP contribution in [-0.2, 0) is 0 Å². The number of halogens is 1. The van der Waals surface area contributed by atoms with E-state index >= 15 is 0 Å². The third-order valence-corrected chi connectivity index (χ3v) is 5.29. The molecule has 0 atom stereocenters. The molecule has 7 nitrogen and oxygen atoms in total. The molecule has 2 N–H and O–H groups in total. The van der Waals surface area contributed by atoms with E-state index in [1.807, 2.05) is 6.07 Å². The van der Waals surface area contributed by atoms with E-state index in [9.17, 15) is 9.50 Å². The number of nitrogens with zero attached hydrogens (tertiary/aromatic N) is 5. The Labute approximate surface area is 162 Å². The van der Waals surface area contributed by atoms with E-state index in [0.29, 0.717) is 45.5 Å². The summed E-state index contributed by atoms with van der Waals surface area (Å²) in [5, 5.41) is 9.36. The van der Waals surface area contributed by atoms with Crippen LogP contribution in [0.3, 0.4) is 0 Å². The Hall–Kier alpha value is -2.87. The molecule has 0 saturated carbocycles. The van der Waals surface area contributed by atoms with Crippen molar-refractivity contribution in [3.8, 4) is 11.3 Å². The molecule has 4 rings (SSSR count). The maximum Gasteiger partial charge on any atom is 0.228 e. The minimum absolute atomic E-state index is 0.210. The van der Waals surface area contributed by atoms with E-state index in [-0.39, 0.29) is 12.4 Å². The van der Waals surface area contributed by atoms with Gasteiger partial charge in [-0.1, -0.05) is 0 Å². The van der Waals surface area contributed by atoms with Crippen LogP contribution in [0.15, 0.2) is 23.5 Å². The number of nitrogens with one attached hydrogen (secondary N) is 1. The van der Waals surface area contributed by atoms with Crippen molar-refractivity contribution < 1.29 is 9.50 Å². The van der Waals surface area contributed by atoms with E-state index in [2.05, 4.69) is 24.8 Å². The van der Waals surface area contributed by atoms with E-state index in [4.69, 9.17) is 4.98 Å². The van der Waals surface area contributed by atoms with Gasteiger partial charge < -0.3 is 15.0 Å². The van der Waals surface area contributed by atoms with E-state index < -0.39 is 0 Å². The number of fused-ring (bicyclic) bond motifs is 1. The first kappa shape index (κ1) is 18.5. The second kappa shape index (κ2) is 7.63. The molecule has 0 bridgehead atoms. The number of H-pyrrole nitrogens is 1. The van der Waals surface area contributed by atoms with E-state index in [1.165, 1.54) is 6.07 Å². The Balaban J connectivity index is 1.80. The molecule has 1 fully saturated rings. The Bertz CT molecular complexity index is 1020. The summed E-state index contributed by atoms with van der Waals surface area (Å²) in [6.07, 6.45) is 5.00. The lowest BCUT2D eigenvalue weighted by Crippen LogP contribution is -2.35. The monoisotopic (exact) mass is 382 g/mol. The number of anilines is 1. The largest absolute Gasteiger partial charge is 0.396 e. The van der Waals surface area contributed by atoms with Gasteiger partial charge >= 0.3 is 0 Å². The minimum Gasteiger partial charge on any atom is -0.396 e. The molecule has 3 aromatic rings. The molecule has 0 spiro atoms. The Kier molecular flexibility index (Phi) is 5.04. The van der Waals surface area contributed by atoms with Gasteiger partial charge in [-0.3, -0.25) is 4.99 Å². The topological polar surface area (TPSA) is 90.3 Å². The average Bonchev–Trinajstić information content (AvgIpc) is 3.19. The third kappa shape index (κ3) is 3.35. The first-order valence-corrected chi connectivity index (χ1v) is 9.46. The molecule has 0 unspecified atom stereocenters. The molecule has 3 heterocycles. The fraction of sp³-hybridized carbons (Fsp3) is 0.400. The lowest BCUT2D eigenvalue weighted by molar-refractivity contribution is 0.202. The lowest BCUT2D eigenvalue weighted by atomic mass is 9.98. The minimum atomic E-state index is -0.324. The summed E-state index contributed by atoms with van der Waals surface area (Å²) in [6.45, 7) is 5.27. The van der Waals surface area contributed by atoms with Crippen molar-refractivity contribution in [1.29, 1.82) is 0 Å². The summed E-state index contributed by atoms with van der Waals surface area (Å²) >= 11 is 0. The van der Waals surface area contributed by atoms with Crippen molar-refractivity contribution in [2.24, 2.45) is 10.9 Å².